The molecule has 0 amide bonds. The summed E-state index contributed by atoms with van der Waals surface area (Å²) in [6, 6.07) is 0. The van der Waals surface area contributed by atoms with E-state index in [1.54, 1.807) is 13.8 Å². The number of ether oxygens (including phenoxy) is 4. The van der Waals surface area contributed by atoms with Crippen molar-refractivity contribution in [2.24, 2.45) is 0 Å². The third-order valence-electron chi connectivity index (χ3n) is 3.14. The van der Waals surface area contributed by atoms with Crippen LogP contribution in [0.25, 0.3) is 0 Å². The smallest absolute Gasteiger partial charge is 0.264 e. The van der Waals surface area contributed by atoms with Gasteiger partial charge in [0, 0.05) is 6.42 Å². The van der Waals surface area contributed by atoms with E-state index in [0.29, 0.717) is 0 Å². The lowest BCUT2D eigenvalue weighted by atomic mass is 10.1. The molecule has 9 heteroatoms. The molecule has 2 saturated heterocycles. The zero-order valence-corrected chi connectivity index (χ0v) is 13.3. The number of hydrogen-bond acceptors (Lipinski definition) is 8. The molecular weight excluding hydrogens is 304 g/mol. The molecule has 5 atom stereocenters. The van der Waals surface area contributed by atoms with Crippen LogP contribution in [0.1, 0.15) is 27.2 Å². The molecule has 124 valence electrons. The second-order valence-electron chi connectivity index (χ2n) is 5.71. The molecule has 2 unspecified atom stereocenters. The maximum Gasteiger partial charge on any atom is 0.264 e. The van der Waals surface area contributed by atoms with Crippen LogP contribution in [-0.2, 0) is 33.2 Å². The van der Waals surface area contributed by atoms with Crippen molar-refractivity contribution in [2.45, 2.75) is 63.9 Å². The van der Waals surface area contributed by atoms with Gasteiger partial charge in [0.05, 0.1) is 12.9 Å². The molecule has 0 aliphatic carbocycles. The van der Waals surface area contributed by atoms with Crippen LogP contribution in [-0.4, -0.2) is 63.1 Å². The van der Waals surface area contributed by atoms with Crippen molar-refractivity contribution in [3.63, 3.8) is 0 Å². The average Bonchev–Trinajstić information content (AvgIpc) is 2.79. The number of rotatable bonds is 5. The van der Waals surface area contributed by atoms with E-state index >= 15 is 0 Å². The predicted octanol–water partition coefficient (Wildman–Crippen LogP) is -0.0474. The first-order chi connectivity index (χ1) is 9.56. The van der Waals surface area contributed by atoms with Gasteiger partial charge in [0.15, 0.2) is 18.4 Å². The van der Waals surface area contributed by atoms with Gasteiger partial charge in [-0.3, -0.25) is 4.18 Å². The summed E-state index contributed by atoms with van der Waals surface area (Å²) in [5.74, 6) is -0.757. The van der Waals surface area contributed by atoms with Crippen molar-refractivity contribution in [1.82, 2.24) is 0 Å². The monoisotopic (exact) mass is 326 g/mol. The quantitative estimate of drug-likeness (QED) is 0.554. The number of hydrogen-bond donors (Lipinski definition) is 1. The number of aliphatic hydroxyl groups excluding tert-OH is 1. The van der Waals surface area contributed by atoms with Crippen molar-refractivity contribution in [3.05, 3.63) is 0 Å². The Morgan fingerprint density at radius 3 is 2.52 bits per heavy atom. The highest BCUT2D eigenvalue weighted by Gasteiger charge is 2.48. The van der Waals surface area contributed by atoms with Gasteiger partial charge in [-0.15, -0.1) is 0 Å². The minimum Gasteiger partial charge on any atom is -0.368 e. The summed E-state index contributed by atoms with van der Waals surface area (Å²) >= 11 is 0. The minimum atomic E-state index is -3.65. The third-order valence-corrected chi connectivity index (χ3v) is 3.74. The molecule has 21 heavy (non-hydrogen) atoms. The van der Waals surface area contributed by atoms with Crippen LogP contribution >= 0.6 is 0 Å². The molecule has 0 bridgehead atoms. The molecule has 2 aliphatic rings. The lowest BCUT2D eigenvalue weighted by Gasteiger charge is -2.24. The van der Waals surface area contributed by atoms with Crippen molar-refractivity contribution in [1.29, 1.82) is 0 Å². The van der Waals surface area contributed by atoms with Gasteiger partial charge in [0.25, 0.3) is 10.1 Å². The van der Waals surface area contributed by atoms with Crippen molar-refractivity contribution in [2.75, 3.05) is 12.9 Å². The lowest BCUT2D eigenvalue weighted by molar-refractivity contribution is -0.228. The maximum absolute atomic E-state index is 11.4. The molecule has 0 radical (unpaired) electrons. The molecule has 8 nitrogen and oxygen atoms in total. The normalized spacial score (nSPS) is 37.8. The summed E-state index contributed by atoms with van der Waals surface area (Å²) in [6.45, 7) is 5.24. The summed E-state index contributed by atoms with van der Waals surface area (Å²) in [7, 11) is -3.65. The van der Waals surface area contributed by atoms with E-state index in [-0.39, 0.29) is 13.0 Å². The van der Waals surface area contributed by atoms with Gasteiger partial charge >= 0.3 is 0 Å². The standard InChI is InChI=1S/C12H22O8S/c1-7(13)17-10-5-8(20-21(4,14)15)11(18-10)9-6-16-12(2,3)19-9/h7-11,13H,5-6H2,1-4H3/t7?,8-,9?,10+,11+/m1/s1. The summed E-state index contributed by atoms with van der Waals surface area (Å²) in [6.07, 6.45) is -2.48. The Morgan fingerprint density at radius 1 is 1.38 bits per heavy atom. The van der Waals surface area contributed by atoms with Crippen LogP contribution < -0.4 is 0 Å². The van der Waals surface area contributed by atoms with Crippen LogP contribution in [0.4, 0.5) is 0 Å². The Bertz CT molecular complexity index is 460. The average molecular weight is 326 g/mol. The first-order valence-corrected chi connectivity index (χ1v) is 8.56. The van der Waals surface area contributed by atoms with Crippen LogP contribution in [0.15, 0.2) is 0 Å². The minimum absolute atomic E-state index is 0.183. The Hall–Kier alpha value is -0.290. The van der Waals surface area contributed by atoms with Crippen molar-refractivity contribution in [3.8, 4) is 0 Å². The highest BCUT2D eigenvalue weighted by atomic mass is 32.2. The Labute approximate surface area is 124 Å². The summed E-state index contributed by atoms with van der Waals surface area (Å²) < 4.78 is 49.7. The van der Waals surface area contributed by atoms with Crippen molar-refractivity contribution < 1.29 is 36.7 Å². The van der Waals surface area contributed by atoms with Gasteiger partial charge in [0.2, 0.25) is 0 Å². The zero-order chi connectivity index (χ0) is 15.8. The maximum atomic E-state index is 11.4. The predicted molar refractivity (Wildman–Crippen MR) is 70.7 cm³/mol. The van der Waals surface area contributed by atoms with Gasteiger partial charge in [-0.2, -0.15) is 8.42 Å². The van der Waals surface area contributed by atoms with Crippen LogP contribution in [0.5, 0.6) is 0 Å². The van der Waals surface area contributed by atoms with E-state index in [9.17, 15) is 13.5 Å². The summed E-state index contributed by atoms with van der Waals surface area (Å²) in [5.41, 5.74) is 0. The fraction of sp³-hybridized carbons (Fsp3) is 1.00. The second kappa shape index (κ2) is 6.07. The molecule has 2 aliphatic heterocycles. The summed E-state index contributed by atoms with van der Waals surface area (Å²) in [5, 5.41) is 9.25. The van der Waals surface area contributed by atoms with Gasteiger partial charge in [-0.25, -0.2) is 0 Å². The van der Waals surface area contributed by atoms with Crippen LogP contribution in [0.2, 0.25) is 0 Å². The molecule has 0 saturated carbocycles. The Morgan fingerprint density at radius 2 is 2.05 bits per heavy atom. The van der Waals surface area contributed by atoms with E-state index in [4.69, 9.17) is 23.1 Å². The second-order valence-corrected chi connectivity index (χ2v) is 7.31. The molecular formula is C12H22O8S. The van der Waals surface area contributed by atoms with E-state index in [2.05, 4.69) is 0 Å². The van der Waals surface area contributed by atoms with E-state index < -0.39 is 46.8 Å². The Kier molecular flexibility index (Phi) is 4.94. The molecule has 2 rings (SSSR count). The highest BCUT2D eigenvalue weighted by Crippen LogP contribution is 2.34. The molecule has 0 aromatic heterocycles. The largest absolute Gasteiger partial charge is 0.368 e. The molecule has 2 fully saturated rings. The van der Waals surface area contributed by atoms with E-state index in [0.717, 1.165) is 6.26 Å². The first-order valence-electron chi connectivity index (χ1n) is 6.75. The van der Waals surface area contributed by atoms with Gasteiger partial charge in [-0.1, -0.05) is 0 Å². The third kappa shape index (κ3) is 4.85. The molecule has 1 N–H and O–H groups in total. The van der Waals surface area contributed by atoms with Gasteiger partial charge in [-0.05, 0) is 20.8 Å². The fourth-order valence-electron chi connectivity index (χ4n) is 2.47. The SMILES string of the molecule is CC(O)O[C@@H]1C[C@@H](OS(C)(=O)=O)[C@@H](C2COC(C)(C)O2)O1. The molecule has 2 heterocycles. The first kappa shape index (κ1) is 17.1. The molecule has 0 aromatic rings. The molecule has 0 spiro atoms. The van der Waals surface area contributed by atoms with E-state index in [1.165, 1.54) is 6.92 Å². The number of aliphatic hydroxyl groups is 1. The van der Waals surface area contributed by atoms with Gasteiger partial charge < -0.3 is 24.1 Å². The topological polar surface area (TPSA) is 101 Å². The molecule has 0 aromatic carbocycles. The van der Waals surface area contributed by atoms with Crippen LogP contribution in [0.3, 0.4) is 0 Å². The highest BCUT2D eigenvalue weighted by molar-refractivity contribution is 7.86. The van der Waals surface area contributed by atoms with Crippen LogP contribution in [0, 0.1) is 0 Å². The van der Waals surface area contributed by atoms with Gasteiger partial charge in [0.1, 0.15) is 18.3 Å². The zero-order valence-electron chi connectivity index (χ0n) is 12.5. The van der Waals surface area contributed by atoms with Crippen molar-refractivity contribution >= 4 is 10.1 Å². The fourth-order valence-corrected chi connectivity index (χ4v) is 3.11. The summed E-state index contributed by atoms with van der Waals surface area (Å²) in [4.78, 5) is 0. The Balaban J connectivity index is 2.07. The lowest BCUT2D eigenvalue weighted by Crippen LogP contribution is -2.39. The van der Waals surface area contributed by atoms with E-state index in [1.807, 2.05) is 0 Å².